The Morgan fingerprint density at radius 2 is 1.87 bits per heavy atom. The summed E-state index contributed by atoms with van der Waals surface area (Å²) in [6.07, 6.45) is 1.31. The van der Waals surface area contributed by atoms with Crippen LogP contribution >= 0.6 is 11.8 Å². The lowest BCUT2D eigenvalue weighted by atomic mass is 10.0. The number of hydrogen-bond donors (Lipinski definition) is 2. The molecule has 0 saturated heterocycles. The second-order valence-corrected chi connectivity index (χ2v) is 9.41. The first-order valence-electron chi connectivity index (χ1n) is 8.97. The molecule has 0 unspecified atom stereocenters. The molecule has 0 radical (unpaired) electrons. The van der Waals surface area contributed by atoms with Crippen molar-refractivity contribution >= 4 is 33.4 Å². The van der Waals surface area contributed by atoms with E-state index >= 15 is 0 Å². The highest BCUT2D eigenvalue weighted by atomic mass is 32.2. The first-order valence-corrected chi connectivity index (χ1v) is 11.4. The van der Waals surface area contributed by atoms with Crippen LogP contribution < -0.4 is 4.72 Å². The van der Waals surface area contributed by atoms with Crippen LogP contribution in [0.1, 0.15) is 27.0 Å². The molecule has 6 nitrogen and oxygen atoms in total. The standard InChI is InChI=1S/C21H18F2N2O4S2/c1-12-7-17(9-18(13(12)2)21(26)27)31(28,29)25-16-5-6-20(24-10-16)30-11-14-3-4-15(22)8-19(14)23/h3-10,25H,11H2,1-2H3,(H,26,27). The summed E-state index contributed by atoms with van der Waals surface area (Å²) in [5.41, 5.74) is 1.46. The maximum Gasteiger partial charge on any atom is 0.336 e. The quantitative estimate of drug-likeness (QED) is 0.489. The normalized spacial score (nSPS) is 11.4. The SMILES string of the molecule is Cc1cc(S(=O)(=O)Nc2ccc(SCc3ccc(F)cc3F)nc2)cc(C(=O)O)c1C. The molecule has 3 rings (SSSR count). The van der Waals surface area contributed by atoms with Crippen molar-refractivity contribution < 1.29 is 27.1 Å². The number of thioether (sulfide) groups is 1. The number of benzene rings is 2. The zero-order chi connectivity index (χ0) is 22.8. The molecule has 1 heterocycles. The summed E-state index contributed by atoms with van der Waals surface area (Å²) in [4.78, 5) is 15.4. The van der Waals surface area contributed by atoms with Crippen LogP contribution in [0.4, 0.5) is 14.5 Å². The van der Waals surface area contributed by atoms with Crippen LogP contribution in [0.5, 0.6) is 0 Å². The van der Waals surface area contributed by atoms with E-state index in [-0.39, 0.29) is 21.9 Å². The van der Waals surface area contributed by atoms with Gasteiger partial charge in [-0.15, -0.1) is 11.8 Å². The number of rotatable bonds is 7. The second kappa shape index (κ2) is 9.03. The summed E-state index contributed by atoms with van der Waals surface area (Å²) in [6, 6.07) is 8.91. The lowest BCUT2D eigenvalue weighted by molar-refractivity contribution is 0.0695. The Kier molecular flexibility index (Phi) is 6.61. The van der Waals surface area contributed by atoms with Gasteiger partial charge in [-0.1, -0.05) is 6.07 Å². The predicted molar refractivity (Wildman–Crippen MR) is 114 cm³/mol. The minimum absolute atomic E-state index is 0.0849. The van der Waals surface area contributed by atoms with Crippen molar-refractivity contribution in [1.29, 1.82) is 0 Å². The van der Waals surface area contributed by atoms with Gasteiger partial charge in [-0.2, -0.15) is 0 Å². The molecule has 3 aromatic rings. The van der Waals surface area contributed by atoms with Crippen LogP contribution in [-0.4, -0.2) is 24.5 Å². The largest absolute Gasteiger partial charge is 0.478 e. The van der Waals surface area contributed by atoms with E-state index in [1.165, 1.54) is 42.2 Å². The Hall–Kier alpha value is -2.98. The van der Waals surface area contributed by atoms with Gasteiger partial charge >= 0.3 is 5.97 Å². The molecule has 0 saturated carbocycles. The number of pyridine rings is 1. The third-order valence-corrected chi connectivity index (χ3v) is 6.91. The zero-order valence-electron chi connectivity index (χ0n) is 16.5. The van der Waals surface area contributed by atoms with Crippen molar-refractivity contribution in [2.24, 2.45) is 0 Å². The van der Waals surface area contributed by atoms with Gasteiger partial charge in [0.15, 0.2) is 0 Å². The minimum atomic E-state index is -4.03. The van der Waals surface area contributed by atoms with Crippen LogP contribution in [0.25, 0.3) is 0 Å². The molecule has 10 heteroatoms. The van der Waals surface area contributed by atoms with E-state index in [0.717, 1.165) is 12.1 Å². The molecule has 1 aromatic heterocycles. The fourth-order valence-electron chi connectivity index (χ4n) is 2.73. The van der Waals surface area contributed by atoms with Gasteiger partial charge in [-0.05, 0) is 60.9 Å². The third kappa shape index (κ3) is 5.39. The number of nitrogens with zero attached hydrogens (tertiary/aromatic N) is 1. The maximum atomic E-state index is 13.7. The molecule has 31 heavy (non-hydrogen) atoms. The van der Waals surface area contributed by atoms with E-state index in [0.29, 0.717) is 21.7 Å². The van der Waals surface area contributed by atoms with Gasteiger partial charge in [0, 0.05) is 11.8 Å². The average molecular weight is 465 g/mol. The number of carbonyl (C=O) groups is 1. The Bertz CT molecular complexity index is 1250. The Morgan fingerprint density at radius 1 is 1.13 bits per heavy atom. The summed E-state index contributed by atoms with van der Waals surface area (Å²) in [5, 5.41) is 9.81. The molecule has 0 spiro atoms. The number of aromatic carboxylic acids is 1. The van der Waals surface area contributed by atoms with E-state index in [1.807, 2.05) is 0 Å². The first kappa shape index (κ1) is 22.7. The molecular weight excluding hydrogens is 446 g/mol. The monoisotopic (exact) mass is 464 g/mol. The van der Waals surface area contributed by atoms with Gasteiger partial charge < -0.3 is 5.11 Å². The maximum absolute atomic E-state index is 13.7. The van der Waals surface area contributed by atoms with E-state index < -0.39 is 27.6 Å². The van der Waals surface area contributed by atoms with Crippen molar-refractivity contribution in [1.82, 2.24) is 4.98 Å². The van der Waals surface area contributed by atoms with Crippen molar-refractivity contribution in [3.05, 3.63) is 82.5 Å². The highest BCUT2D eigenvalue weighted by Gasteiger charge is 2.20. The first-order chi connectivity index (χ1) is 14.6. The molecule has 2 N–H and O–H groups in total. The highest BCUT2D eigenvalue weighted by Crippen LogP contribution is 2.25. The number of aromatic nitrogens is 1. The van der Waals surface area contributed by atoms with Crippen molar-refractivity contribution in [2.75, 3.05) is 4.72 Å². The topological polar surface area (TPSA) is 96.4 Å². The van der Waals surface area contributed by atoms with Crippen molar-refractivity contribution in [2.45, 2.75) is 29.5 Å². The smallest absolute Gasteiger partial charge is 0.336 e. The van der Waals surface area contributed by atoms with Crippen LogP contribution in [0, 0.1) is 25.5 Å². The summed E-state index contributed by atoms with van der Waals surface area (Å²) >= 11 is 1.21. The fraction of sp³-hybridized carbons (Fsp3) is 0.143. The molecule has 0 fully saturated rings. The van der Waals surface area contributed by atoms with Gasteiger partial charge in [0.2, 0.25) is 0 Å². The lowest BCUT2D eigenvalue weighted by Crippen LogP contribution is -2.15. The Morgan fingerprint density at radius 3 is 2.48 bits per heavy atom. The summed E-state index contributed by atoms with van der Waals surface area (Å²) < 4.78 is 54.4. The fourth-order valence-corrected chi connectivity index (χ4v) is 4.72. The average Bonchev–Trinajstić information content (AvgIpc) is 2.70. The number of nitrogens with one attached hydrogen (secondary N) is 1. The van der Waals surface area contributed by atoms with Gasteiger partial charge in [0.05, 0.1) is 27.4 Å². The Balaban J connectivity index is 1.74. The molecule has 2 aromatic carbocycles. The number of carboxylic acid groups (broad SMARTS) is 1. The number of aryl methyl sites for hydroxylation is 1. The number of anilines is 1. The van der Waals surface area contributed by atoms with Crippen LogP contribution in [0.15, 0.2) is 58.6 Å². The molecule has 0 atom stereocenters. The molecule has 0 bridgehead atoms. The summed E-state index contributed by atoms with van der Waals surface area (Å²) in [6.45, 7) is 3.25. The van der Waals surface area contributed by atoms with Gasteiger partial charge in [-0.3, -0.25) is 4.72 Å². The van der Waals surface area contributed by atoms with Gasteiger partial charge in [0.25, 0.3) is 10.0 Å². The number of hydrogen-bond acceptors (Lipinski definition) is 5. The molecule has 0 aliphatic heterocycles. The van der Waals surface area contributed by atoms with E-state index in [2.05, 4.69) is 9.71 Å². The van der Waals surface area contributed by atoms with Crippen molar-refractivity contribution in [3.63, 3.8) is 0 Å². The van der Waals surface area contributed by atoms with E-state index in [4.69, 9.17) is 0 Å². The number of carboxylic acids is 1. The molecular formula is C21H18F2N2O4S2. The number of sulfonamides is 1. The third-order valence-electron chi connectivity index (χ3n) is 4.56. The molecule has 162 valence electrons. The summed E-state index contributed by atoms with van der Waals surface area (Å²) in [7, 11) is -4.03. The van der Waals surface area contributed by atoms with Crippen molar-refractivity contribution in [3.8, 4) is 0 Å². The van der Waals surface area contributed by atoms with Crippen LogP contribution in [-0.2, 0) is 15.8 Å². The van der Waals surface area contributed by atoms with E-state index in [9.17, 15) is 27.1 Å². The van der Waals surface area contributed by atoms with Crippen LogP contribution in [0.3, 0.4) is 0 Å². The molecule has 0 amide bonds. The Labute approximate surface area is 182 Å². The number of halogens is 2. The molecule has 0 aliphatic rings. The van der Waals surface area contributed by atoms with Crippen LogP contribution in [0.2, 0.25) is 0 Å². The molecule has 0 aliphatic carbocycles. The van der Waals surface area contributed by atoms with E-state index in [1.54, 1.807) is 19.9 Å². The predicted octanol–water partition coefficient (Wildman–Crippen LogP) is 4.77. The van der Waals surface area contributed by atoms with Gasteiger partial charge in [0.1, 0.15) is 11.6 Å². The highest BCUT2D eigenvalue weighted by molar-refractivity contribution is 7.98. The summed E-state index contributed by atoms with van der Waals surface area (Å²) in [5.74, 6) is -2.28. The lowest BCUT2D eigenvalue weighted by Gasteiger charge is -2.12. The minimum Gasteiger partial charge on any atom is -0.478 e. The second-order valence-electron chi connectivity index (χ2n) is 6.73. The van der Waals surface area contributed by atoms with Gasteiger partial charge in [-0.25, -0.2) is 27.0 Å². The zero-order valence-corrected chi connectivity index (χ0v) is 18.2.